The maximum atomic E-state index is 9.05. The summed E-state index contributed by atoms with van der Waals surface area (Å²) in [6.07, 6.45) is 1.13. The van der Waals surface area contributed by atoms with Crippen LogP contribution in [0.25, 0.3) is 0 Å². The SMILES string of the molecule is CC1c2ccsc2CCN1CCOc1ccccc1C#N. The Morgan fingerprint density at radius 2 is 2.24 bits per heavy atom. The quantitative estimate of drug-likeness (QED) is 0.865. The molecule has 2 aromatic rings. The number of fused-ring (bicyclic) bond motifs is 1. The number of hydrogen-bond acceptors (Lipinski definition) is 4. The lowest BCUT2D eigenvalue weighted by atomic mass is 10.0. The van der Waals surface area contributed by atoms with Gasteiger partial charge in [0.05, 0.1) is 5.56 Å². The molecule has 1 aliphatic heterocycles. The van der Waals surface area contributed by atoms with E-state index in [0.29, 0.717) is 24.0 Å². The molecule has 1 aliphatic rings. The number of rotatable bonds is 4. The van der Waals surface area contributed by atoms with Gasteiger partial charge < -0.3 is 4.74 Å². The van der Waals surface area contributed by atoms with Gasteiger partial charge in [-0.15, -0.1) is 11.3 Å². The molecule has 0 amide bonds. The third kappa shape index (κ3) is 2.94. The van der Waals surface area contributed by atoms with Gasteiger partial charge in [0.15, 0.2) is 0 Å². The van der Waals surface area contributed by atoms with Crippen LogP contribution in [0.2, 0.25) is 0 Å². The summed E-state index contributed by atoms with van der Waals surface area (Å²) in [6.45, 7) is 4.84. The summed E-state index contributed by atoms with van der Waals surface area (Å²) in [5, 5.41) is 11.2. The predicted molar refractivity (Wildman–Crippen MR) is 84.7 cm³/mol. The van der Waals surface area contributed by atoms with Crippen LogP contribution in [-0.2, 0) is 6.42 Å². The van der Waals surface area contributed by atoms with Crippen molar-refractivity contribution >= 4 is 11.3 Å². The van der Waals surface area contributed by atoms with Crippen LogP contribution >= 0.6 is 11.3 Å². The summed E-state index contributed by atoms with van der Waals surface area (Å²) in [4.78, 5) is 3.97. The highest BCUT2D eigenvalue weighted by molar-refractivity contribution is 7.10. The van der Waals surface area contributed by atoms with Gasteiger partial charge in [-0.2, -0.15) is 5.26 Å². The Hall–Kier alpha value is -1.83. The number of nitriles is 1. The van der Waals surface area contributed by atoms with Gasteiger partial charge in [0.2, 0.25) is 0 Å². The van der Waals surface area contributed by atoms with Gasteiger partial charge in [-0.05, 0) is 42.5 Å². The van der Waals surface area contributed by atoms with Gasteiger partial charge in [-0.25, -0.2) is 0 Å². The van der Waals surface area contributed by atoms with E-state index in [9.17, 15) is 0 Å². The molecule has 1 aromatic carbocycles. The molecule has 2 heterocycles. The van der Waals surface area contributed by atoms with Crippen molar-refractivity contribution in [3.8, 4) is 11.8 Å². The fourth-order valence-electron chi connectivity index (χ4n) is 2.82. The average Bonchev–Trinajstić information content (AvgIpc) is 2.99. The van der Waals surface area contributed by atoms with Crippen molar-refractivity contribution in [1.29, 1.82) is 5.26 Å². The van der Waals surface area contributed by atoms with Gasteiger partial charge in [0.25, 0.3) is 0 Å². The first-order chi connectivity index (χ1) is 10.3. The second-order valence-electron chi connectivity index (χ2n) is 5.22. The molecule has 4 heteroatoms. The highest BCUT2D eigenvalue weighted by atomic mass is 32.1. The van der Waals surface area contributed by atoms with Crippen molar-refractivity contribution in [2.75, 3.05) is 19.7 Å². The first-order valence-electron chi connectivity index (χ1n) is 7.22. The number of ether oxygens (including phenoxy) is 1. The highest BCUT2D eigenvalue weighted by Gasteiger charge is 2.24. The largest absolute Gasteiger partial charge is 0.491 e. The molecule has 21 heavy (non-hydrogen) atoms. The van der Waals surface area contributed by atoms with Crippen molar-refractivity contribution in [2.24, 2.45) is 0 Å². The Balaban J connectivity index is 1.58. The second kappa shape index (κ2) is 6.30. The Morgan fingerprint density at radius 1 is 1.38 bits per heavy atom. The van der Waals surface area contributed by atoms with Gasteiger partial charge in [-0.1, -0.05) is 12.1 Å². The minimum atomic E-state index is 0.454. The predicted octanol–water partition coefficient (Wildman–Crippen LogP) is 3.62. The van der Waals surface area contributed by atoms with Crippen LogP contribution in [0.3, 0.4) is 0 Å². The fourth-order valence-corrected chi connectivity index (χ4v) is 3.79. The van der Waals surface area contributed by atoms with E-state index in [4.69, 9.17) is 10.00 Å². The number of nitrogens with zero attached hydrogens (tertiary/aromatic N) is 2. The van der Waals surface area contributed by atoms with Crippen molar-refractivity contribution < 1.29 is 4.74 Å². The monoisotopic (exact) mass is 298 g/mol. The molecule has 3 nitrogen and oxygen atoms in total. The zero-order valence-corrected chi connectivity index (χ0v) is 12.9. The number of benzene rings is 1. The first-order valence-corrected chi connectivity index (χ1v) is 8.10. The summed E-state index contributed by atoms with van der Waals surface area (Å²) in [7, 11) is 0. The smallest absolute Gasteiger partial charge is 0.137 e. The first kappa shape index (κ1) is 14.1. The van der Waals surface area contributed by atoms with Crippen LogP contribution in [0.15, 0.2) is 35.7 Å². The summed E-state index contributed by atoms with van der Waals surface area (Å²) in [5.41, 5.74) is 2.06. The summed E-state index contributed by atoms with van der Waals surface area (Å²) in [6, 6.07) is 12.3. The molecule has 0 radical (unpaired) electrons. The lowest BCUT2D eigenvalue weighted by molar-refractivity contribution is 0.161. The standard InChI is InChI=1S/C17H18N2OS/c1-13-15-7-11-21-17(15)6-8-19(13)9-10-20-16-5-3-2-4-14(16)12-18/h2-5,7,11,13H,6,8-10H2,1H3. The molecular formula is C17H18N2OS. The number of thiophene rings is 1. The lowest BCUT2D eigenvalue weighted by Gasteiger charge is -2.33. The third-order valence-electron chi connectivity index (χ3n) is 4.05. The van der Waals surface area contributed by atoms with Gasteiger partial charge >= 0.3 is 0 Å². The Labute approximate surface area is 129 Å². The van der Waals surface area contributed by atoms with E-state index >= 15 is 0 Å². The molecule has 1 unspecified atom stereocenters. The van der Waals surface area contributed by atoms with E-state index in [0.717, 1.165) is 19.5 Å². The zero-order valence-electron chi connectivity index (χ0n) is 12.1. The molecule has 3 rings (SSSR count). The van der Waals surface area contributed by atoms with Crippen LogP contribution in [0.4, 0.5) is 0 Å². The minimum Gasteiger partial charge on any atom is -0.491 e. The van der Waals surface area contributed by atoms with Crippen LogP contribution < -0.4 is 4.74 Å². The van der Waals surface area contributed by atoms with Crippen LogP contribution in [0.1, 0.15) is 29.0 Å². The molecule has 0 N–H and O–H groups in total. The lowest BCUT2D eigenvalue weighted by Crippen LogP contribution is -2.36. The van der Waals surface area contributed by atoms with Crippen molar-refractivity contribution in [3.05, 3.63) is 51.7 Å². The van der Waals surface area contributed by atoms with Crippen molar-refractivity contribution in [1.82, 2.24) is 4.90 Å². The Bertz CT molecular complexity index is 659. The van der Waals surface area contributed by atoms with Gasteiger partial charge in [0.1, 0.15) is 18.4 Å². The highest BCUT2D eigenvalue weighted by Crippen LogP contribution is 2.32. The van der Waals surface area contributed by atoms with E-state index in [1.807, 2.05) is 29.5 Å². The van der Waals surface area contributed by atoms with Gasteiger partial charge in [0, 0.05) is 24.0 Å². The zero-order chi connectivity index (χ0) is 14.7. The third-order valence-corrected chi connectivity index (χ3v) is 5.04. The van der Waals surface area contributed by atoms with Crippen molar-refractivity contribution in [2.45, 2.75) is 19.4 Å². The van der Waals surface area contributed by atoms with E-state index in [1.165, 1.54) is 10.4 Å². The van der Waals surface area contributed by atoms with Gasteiger partial charge in [-0.3, -0.25) is 4.90 Å². The topological polar surface area (TPSA) is 36.3 Å². The molecule has 0 saturated carbocycles. The molecule has 0 spiro atoms. The molecule has 0 fully saturated rings. The molecule has 0 saturated heterocycles. The molecule has 0 aliphatic carbocycles. The Morgan fingerprint density at radius 3 is 3.10 bits per heavy atom. The fraction of sp³-hybridized carbons (Fsp3) is 0.353. The van der Waals surface area contributed by atoms with E-state index < -0.39 is 0 Å². The number of hydrogen-bond donors (Lipinski definition) is 0. The molecule has 1 atom stereocenters. The van der Waals surface area contributed by atoms with Crippen LogP contribution in [0.5, 0.6) is 5.75 Å². The van der Waals surface area contributed by atoms with E-state index in [2.05, 4.69) is 29.3 Å². The maximum Gasteiger partial charge on any atom is 0.137 e. The Kier molecular flexibility index (Phi) is 4.23. The van der Waals surface area contributed by atoms with Crippen LogP contribution in [-0.4, -0.2) is 24.6 Å². The number of para-hydroxylation sites is 1. The van der Waals surface area contributed by atoms with E-state index in [-0.39, 0.29) is 0 Å². The molecule has 108 valence electrons. The summed E-state index contributed by atoms with van der Waals surface area (Å²) < 4.78 is 5.79. The second-order valence-corrected chi connectivity index (χ2v) is 6.22. The molecule has 1 aromatic heterocycles. The molecule has 0 bridgehead atoms. The average molecular weight is 298 g/mol. The normalized spacial score (nSPS) is 18.0. The van der Waals surface area contributed by atoms with E-state index in [1.54, 1.807) is 6.07 Å². The maximum absolute atomic E-state index is 9.05. The minimum absolute atomic E-state index is 0.454. The van der Waals surface area contributed by atoms with Crippen LogP contribution in [0, 0.1) is 11.3 Å². The van der Waals surface area contributed by atoms with Crippen molar-refractivity contribution in [3.63, 3.8) is 0 Å². The molecular weight excluding hydrogens is 280 g/mol. The summed E-state index contributed by atoms with van der Waals surface area (Å²) >= 11 is 1.86. The summed E-state index contributed by atoms with van der Waals surface area (Å²) in [5.74, 6) is 0.681.